The first-order valence-electron chi connectivity index (χ1n) is 6.49. The Morgan fingerprint density at radius 2 is 2.05 bits per heavy atom. The third kappa shape index (κ3) is 2.46. The number of likely N-dealkylation sites (tertiary alicyclic amines) is 1. The molecule has 2 atom stereocenters. The van der Waals surface area contributed by atoms with Gasteiger partial charge in [0.15, 0.2) is 0 Å². The summed E-state index contributed by atoms with van der Waals surface area (Å²) in [6, 6.07) is 3.68. The van der Waals surface area contributed by atoms with E-state index in [4.69, 9.17) is 0 Å². The van der Waals surface area contributed by atoms with E-state index in [9.17, 15) is 14.5 Å². The Balaban J connectivity index is 1.76. The summed E-state index contributed by atoms with van der Waals surface area (Å²) in [6.45, 7) is 4.37. The van der Waals surface area contributed by atoms with Gasteiger partial charge in [0.1, 0.15) is 5.82 Å². The number of benzene rings is 1. The molecule has 2 aliphatic rings. The maximum Gasteiger partial charge on any atom is 0.274 e. The second-order valence-corrected chi connectivity index (χ2v) is 5.40. The molecular formula is C13H16FN3O2. The van der Waals surface area contributed by atoms with Gasteiger partial charge in [-0.2, -0.15) is 0 Å². The van der Waals surface area contributed by atoms with Crippen molar-refractivity contribution in [3.63, 3.8) is 0 Å². The van der Waals surface area contributed by atoms with E-state index in [1.165, 1.54) is 12.1 Å². The number of nitrogens with one attached hydrogen (secondary N) is 1. The van der Waals surface area contributed by atoms with Gasteiger partial charge >= 0.3 is 0 Å². The summed E-state index contributed by atoms with van der Waals surface area (Å²) in [5, 5.41) is 14.3. The number of halogens is 1. The normalized spacial score (nSPS) is 26.6. The van der Waals surface area contributed by atoms with Crippen LogP contribution in [0.15, 0.2) is 18.2 Å². The van der Waals surface area contributed by atoms with Crippen LogP contribution in [0.25, 0.3) is 0 Å². The van der Waals surface area contributed by atoms with Crippen LogP contribution in [0.4, 0.5) is 10.1 Å². The van der Waals surface area contributed by atoms with E-state index >= 15 is 0 Å². The molecule has 2 saturated heterocycles. The molecule has 2 unspecified atom stereocenters. The summed E-state index contributed by atoms with van der Waals surface area (Å²) >= 11 is 0. The number of nitro benzene ring substituents is 1. The van der Waals surface area contributed by atoms with Gasteiger partial charge in [0, 0.05) is 31.3 Å². The predicted octanol–water partition coefficient (Wildman–Crippen LogP) is 1.39. The van der Waals surface area contributed by atoms with E-state index in [-0.39, 0.29) is 5.69 Å². The Kier molecular flexibility index (Phi) is 3.20. The molecule has 0 radical (unpaired) electrons. The Hall–Kier alpha value is -1.53. The van der Waals surface area contributed by atoms with Gasteiger partial charge in [-0.05, 0) is 37.1 Å². The summed E-state index contributed by atoms with van der Waals surface area (Å²) in [6.07, 6.45) is 0. The van der Waals surface area contributed by atoms with Gasteiger partial charge in [0.05, 0.1) is 4.92 Å². The number of hydrogen-bond acceptors (Lipinski definition) is 4. The lowest BCUT2D eigenvalue weighted by Crippen LogP contribution is -2.25. The van der Waals surface area contributed by atoms with E-state index < -0.39 is 10.7 Å². The summed E-state index contributed by atoms with van der Waals surface area (Å²) in [7, 11) is 0. The summed E-state index contributed by atoms with van der Waals surface area (Å²) in [5.41, 5.74) is 0.481. The highest BCUT2D eigenvalue weighted by Gasteiger charge is 2.36. The quantitative estimate of drug-likeness (QED) is 0.662. The Labute approximate surface area is 110 Å². The molecule has 2 fully saturated rings. The fraction of sp³-hybridized carbons (Fsp3) is 0.538. The Morgan fingerprint density at radius 3 is 2.68 bits per heavy atom. The smallest absolute Gasteiger partial charge is 0.274 e. The van der Waals surface area contributed by atoms with Gasteiger partial charge in [-0.3, -0.25) is 15.0 Å². The first kappa shape index (κ1) is 12.5. The lowest BCUT2D eigenvalue weighted by atomic mass is 10.0. The Bertz CT molecular complexity index is 497. The zero-order valence-electron chi connectivity index (χ0n) is 10.5. The van der Waals surface area contributed by atoms with Crippen LogP contribution in [0.2, 0.25) is 0 Å². The predicted molar refractivity (Wildman–Crippen MR) is 68.2 cm³/mol. The number of nitrogens with zero attached hydrogens (tertiary/aromatic N) is 2. The lowest BCUT2D eigenvalue weighted by Gasteiger charge is -2.16. The minimum Gasteiger partial charge on any atom is -0.316 e. The molecule has 102 valence electrons. The molecule has 3 rings (SSSR count). The minimum atomic E-state index is -0.437. The monoisotopic (exact) mass is 265 g/mol. The summed E-state index contributed by atoms with van der Waals surface area (Å²) < 4.78 is 13.3. The zero-order valence-corrected chi connectivity index (χ0v) is 10.5. The van der Waals surface area contributed by atoms with Crippen molar-refractivity contribution in [1.82, 2.24) is 10.2 Å². The second kappa shape index (κ2) is 4.86. The number of fused-ring (bicyclic) bond motifs is 1. The van der Waals surface area contributed by atoms with Crippen LogP contribution < -0.4 is 5.32 Å². The minimum absolute atomic E-state index is 0.0107. The van der Waals surface area contributed by atoms with Crippen molar-refractivity contribution in [2.75, 3.05) is 26.2 Å². The molecule has 0 saturated carbocycles. The van der Waals surface area contributed by atoms with E-state index in [0.29, 0.717) is 23.9 Å². The summed E-state index contributed by atoms with van der Waals surface area (Å²) in [5.74, 6) is 0.849. The molecule has 5 nitrogen and oxygen atoms in total. The number of nitro groups is 1. The lowest BCUT2D eigenvalue weighted by molar-refractivity contribution is -0.385. The van der Waals surface area contributed by atoms with E-state index in [1.54, 1.807) is 0 Å². The van der Waals surface area contributed by atoms with Crippen molar-refractivity contribution in [2.45, 2.75) is 6.54 Å². The van der Waals surface area contributed by atoms with Crippen LogP contribution in [0.1, 0.15) is 5.56 Å². The van der Waals surface area contributed by atoms with Crippen molar-refractivity contribution >= 4 is 5.69 Å². The van der Waals surface area contributed by atoms with Gasteiger partial charge in [-0.1, -0.05) is 0 Å². The van der Waals surface area contributed by atoms with Gasteiger partial charge in [0.2, 0.25) is 0 Å². The molecule has 2 heterocycles. The van der Waals surface area contributed by atoms with Crippen molar-refractivity contribution in [3.05, 3.63) is 39.7 Å². The van der Waals surface area contributed by atoms with Crippen LogP contribution in [-0.2, 0) is 6.54 Å². The van der Waals surface area contributed by atoms with Crippen molar-refractivity contribution in [2.24, 2.45) is 11.8 Å². The van der Waals surface area contributed by atoms with E-state index in [2.05, 4.69) is 10.2 Å². The van der Waals surface area contributed by atoms with Gasteiger partial charge in [-0.25, -0.2) is 4.39 Å². The third-order valence-corrected chi connectivity index (χ3v) is 4.10. The maximum atomic E-state index is 13.3. The maximum absolute atomic E-state index is 13.3. The molecule has 19 heavy (non-hydrogen) atoms. The number of rotatable bonds is 3. The fourth-order valence-electron chi connectivity index (χ4n) is 3.18. The largest absolute Gasteiger partial charge is 0.316 e. The molecule has 0 bridgehead atoms. The van der Waals surface area contributed by atoms with E-state index in [1.807, 2.05) is 0 Å². The molecule has 1 aromatic rings. The zero-order chi connectivity index (χ0) is 13.4. The van der Waals surface area contributed by atoms with Gasteiger partial charge in [-0.15, -0.1) is 0 Å². The molecule has 2 aliphatic heterocycles. The van der Waals surface area contributed by atoms with Crippen LogP contribution in [0.3, 0.4) is 0 Å². The number of hydrogen-bond donors (Lipinski definition) is 1. The first-order valence-corrected chi connectivity index (χ1v) is 6.49. The SMILES string of the molecule is O=[N+]([O-])c1ccc(F)cc1CN1CC2CNCC2C1. The standard InChI is InChI=1S/C13H16FN3O2/c14-12-1-2-13(17(18)19)9(3-12)6-16-7-10-4-15-5-11(10)8-16/h1-3,10-11,15H,4-8H2. The molecule has 0 aliphatic carbocycles. The molecule has 1 aromatic carbocycles. The highest BCUT2D eigenvalue weighted by atomic mass is 19.1. The summed E-state index contributed by atoms with van der Waals surface area (Å²) in [4.78, 5) is 12.7. The molecule has 0 aromatic heterocycles. The second-order valence-electron chi connectivity index (χ2n) is 5.40. The van der Waals surface area contributed by atoms with Crippen LogP contribution in [0.5, 0.6) is 0 Å². The highest BCUT2D eigenvalue weighted by molar-refractivity contribution is 5.40. The van der Waals surface area contributed by atoms with Gasteiger partial charge in [0.25, 0.3) is 5.69 Å². The van der Waals surface area contributed by atoms with Crippen molar-refractivity contribution < 1.29 is 9.31 Å². The average molecular weight is 265 g/mol. The first-order chi connectivity index (χ1) is 9.13. The van der Waals surface area contributed by atoms with Gasteiger partial charge < -0.3 is 5.32 Å². The van der Waals surface area contributed by atoms with Crippen molar-refractivity contribution in [1.29, 1.82) is 0 Å². The van der Waals surface area contributed by atoms with Crippen molar-refractivity contribution in [3.8, 4) is 0 Å². The van der Waals surface area contributed by atoms with Crippen LogP contribution >= 0.6 is 0 Å². The third-order valence-electron chi connectivity index (χ3n) is 4.10. The fourth-order valence-corrected chi connectivity index (χ4v) is 3.18. The van der Waals surface area contributed by atoms with E-state index in [0.717, 1.165) is 32.2 Å². The topological polar surface area (TPSA) is 58.4 Å². The van der Waals surface area contributed by atoms with Crippen LogP contribution in [-0.4, -0.2) is 36.0 Å². The average Bonchev–Trinajstić information content (AvgIpc) is 2.89. The molecule has 0 amide bonds. The molecule has 1 N–H and O–H groups in total. The highest BCUT2D eigenvalue weighted by Crippen LogP contribution is 2.29. The molecule has 6 heteroatoms. The Morgan fingerprint density at radius 1 is 1.37 bits per heavy atom. The molecule has 0 spiro atoms. The molecular weight excluding hydrogens is 249 g/mol. The van der Waals surface area contributed by atoms with Crippen LogP contribution in [0, 0.1) is 27.8 Å².